The van der Waals surface area contributed by atoms with Crippen LogP contribution in [0.4, 0.5) is 0 Å². The molecule has 0 fully saturated rings. The van der Waals surface area contributed by atoms with Crippen molar-refractivity contribution in [1.82, 2.24) is 4.98 Å². The molecule has 0 aromatic carbocycles. The largest absolute Gasteiger partial charge is 0.492 e. The van der Waals surface area contributed by atoms with Crippen molar-refractivity contribution in [2.45, 2.75) is 77.7 Å². The molecular formula is C18H32N2O. The van der Waals surface area contributed by atoms with Gasteiger partial charge in [-0.05, 0) is 25.5 Å². The van der Waals surface area contributed by atoms with E-state index in [0.29, 0.717) is 0 Å². The Labute approximate surface area is 130 Å². The van der Waals surface area contributed by atoms with Crippen LogP contribution in [0.25, 0.3) is 0 Å². The molecule has 0 radical (unpaired) electrons. The molecule has 0 spiro atoms. The SMILES string of the molecule is CCCCCCCCCCOc1ccc(CC(C)N)nc1. The molecule has 21 heavy (non-hydrogen) atoms. The molecule has 1 heterocycles. The first-order valence-corrected chi connectivity index (χ1v) is 8.55. The predicted octanol–water partition coefficient (Wildman–Crippen LogP) is 4.49. The topological polar surface area (TPSA) is 48.1 Å². The number of aromatic nitrogens is 1. The second kappa shape index (κ2) is 11.6. The summed E-state index contributed by atoms with van der Waals surface area (Å²) in [4.78, 5) is 4.37. The lowest BCUT2D eigenvalue weighted by Gasteiger charge is -2.08. The fourth-order valence-corrected chi connectivity index (χ4v) is 2.37. The lowest BCUT2D eigenvalue weighted by molar-refractivity contribution is 0.303. The monoisotopic (exact) mass is 292 g/mol. The molecule has 0 saturated carbocycles. The van der Waals surface area contributed by atoms with Crippen LogP contribution in [0.2, 0.25) is 0 Å². The van der Waals surface area contributed by atoms with Gasteiger partial charge in [-0.3, -0.25) is 4.98 Å². The highest BCUT2D eigenvalue weighted by atomic mass is 16.5. The van der Waals surface area contributed by atoms with Gasteiger partial charge in [-0.25, -0.2) is 0 Å². The molecule has 120 valence electrons. The van der Waals surface area contributed by atoms with Crippen molar-refractivity contribution in [2.24, 2.45) is 5.73 Å². The minimum Gasteiger partial charge on any atom is -0.492 e. The zero-order valence-electron chi connectivity index (χ0n) is 13.8. The molecule has 0 aliphatic heterocycles. The lowest BCUT2D eigenvalue weighted by Crippen LogP contribution is -2.18. The molecular weight excluding hydrogens is 260 g/mol. The van der Waals surface area contributed by atoms with E-state index in [1.165, 1.54) is 44.9 Å². The summed E-state index contributed by atoms with van der Waals surface area (Å²) in [5, 5.41) is 0. The van der Waals surface area contributed by atoms with E-state index in [-0.39, 0.29) is 6.04 Å². The Morgan fingerprint density at radius 1 is 1.05 bits per heavy atom. The zero-order chi connectivity index (χ0) is 15.3. The maximum Gasteiger partial charge on any atom is 0.137 e. The normalized spacial score (nSPS) is 12.3. The van der Waals surface area contributed by atoms with Crippen LogP contribution in [0.15, 0.2) is 18.3 Å². The minimum absolute atomic E-state index is 0.154. The molecule has 0 amide bonds. The third kappa shape index (κ3) is 9.46. The number of hydrogen-bond donors (Lipinski definition) is 1. The fraction of sp³-hybridized carbons (Fsp3) is 0.722. The van der Waals surface area contributed by atoms with Crippen LogP contribution in [0.5, 0.6) is 5.75 Å². The molecule has 3 heteroatoms. The summed E-state index contributed by atoms with van der Waals surface area (Å²) in [5.41, 5.74) is 6.79. The molecule has 1 rings (SSSR count). The summed E-state index contributed by atoms with van der Waals surface area (Å²) >= 11 is 0. The summed E-state index contributed by atoms with van der Waals surface area (Å²) in [6.45, 7) is 5.05. The number of nitrogens with two attached hydrogens (primary N) is 1. The van der Waals surface area contributed by atoms with Crippen LogP contribution in [-0.2, 0) is 6.42 Å². The van der Waals surface area contributed by atoms with Crippen LogP contribution >= 0.6 is 0 Å². The Morgan fingerprint density at radius 2 is 1.71 bits per heavy atom. The first-order valence-electron chi connectivity index (χ1n) is 8.55. The Hall–Kier alpha value is -1.09. The number of rotatable bonds is 12. The van der Waals surface area contributed by atoms with Crippen molar-refractivity contribution in [2.75, 3.05) is 6.61 Å². The zero-order valence-corrected chi connectivity index (χ0v) is 13.8. The molecule has 0 aliphatic rings. The van der Waals surface area contributed by atoms with Crippen LogP contribution in [-0.4, -0.2) is 17.6 Å². The van der Waals surface area contributed by atoms with Gasteiger partial charge in [0.25, 0.3) is 0 Å². The molecule has 1 atom stereocenters. The Morgan fingerprint density at radius 3 is 2.29 bits per heavy atom. The highest BCUT2D eigenvalue weighted by molar-refractivity contribution is 5.20. The Balaban J connectivity index is 2.02. The van der Waals surface area contributed by atoms with Crippen molar-refractivity contribution in [3.8, 4) is 5.75 Å². The third-order valence-electron chi connectivity index (χ3n) is 3.60. The second-order valence-electron chi connectivity index (χ2n) is 5.99. The van der Waals surface area contributed by atoms with Gasteiger partial charge >= 0.3 is 0 Å². The number of unbranched alkanes of at least 4 members (excludes halogenated alkanes) is 7. The van der Waals surface area contributed by atoms with Gasteiger partial charge in [-0.15, -0.1) is 0 Å². The minimum atomic E-state index is 0.154. The molecule has 3 nitrogen and oxygen atoms in total. The first-order chi connectivity index (χ1) is 10.2. The molecule has 2 N–H and O–H groups in total. The van der Waals surface area contributed by atoms with Crippen molar-refractivity contribution in [1.29, 1.82) is 0 Å². The number of hydrogen-bond acceptors (Lipinski definition) is 3. The van der Waals surface area contributed by atoms with Crippen molar-refractivity contribution >= 4 is 0 Å². The van der Waals surface area contributed by atoms with Crippen LogP contribution in [0, 0.1) is 0 Å². The third-order valence-corrected chi connectivity index (χ3v) is 3.60. The van der Waals surface area contributed by atoms with E-state index in [9.17, 15) is 0 Å². The molecule has 0 saturated heterocycles. The van der Waals surface area contributed by atoms with Crippen molar-refractivity contribution < 1.29 is 4.74 Å². The average molecular weight is 292 g/mol. The van der Waals surface area contributed by atoms with Gasteiger partial charge < -0.3 is 10.5 Å². The summed E-state index contributed by atoms with van der Waals surface area (Å²) in [6, 6.07) is 4.16. The smallest absolute Gasteiger partial charge is 0.137 e. The predicted molar refractivity (Wildman–Crippen MR) is 89.7 cm³/mol. The van der Waals surface area contributed by atoms with E-state index >= 15 is 0 Å². The summed E-state index contributed by atoms with van der Waals surface area (Å²) in [5.74, 6) is 0.867. The van der Waals surface area contributed by atoms with Gasteiger partial charge in [0, 0.05) is 18.2 Å². The number of nitrogens with zero attached hydrogens (tertiary/aromatic N) is 1. The van der Waals surface area contributed by atoms with Gasteiger partial charge in [-0.1, -0.05) is 51.9 Å². The second-order valence-corrected chi connectivity index (χ2v) is 5.99. The van der Waals surface area contributed by atoms with Gasteiger partial charge in [0.2, 0.25) is 0 Å². The molecule has 0 bridgehead atoms. The lowest BCUT2D eigenvalue weighted by atomic mass is 10.1. The van der Waals surface area contributed by atoms with Gasteiger partial charge in [0.05, 0.1) is 12.8 Å². The highest BCUT2D eigenvalue weighted by Gasteiger charge is 2.00. The summed E-state index contributed by atoms with van der Waals surface area (Å²) < 4.78 is 5.72. The maximum absolute atomic E-state index is 5.76. The first kappa shape index (κ1) is 18.0. The summed E-state index contributed by atoms with van der Waals surface area (Å²) in [7, 11) is 0. The maximum atomic E-state index is 5.76. The molecule has 1 unspecified atom stereocenters. The van der Waals surface area contributed by atoms with E-state index in [1.807, 2.05) is 25.3 Å². The van der Waals surface area contributed by atoms with Gasteiger partial charge in [-0.2, -0.15) is 0 Å². The number of ether oxygens (including phenoxy) is 1. The van der Waals surface area contributed by atoms with E-state index in [2.05, 4.69) is 11.9 Å². The molecule has 0 aliphatic carbocycles. The van der Waals surface area contributed by atoms with Crippen LogP contribution < -0.4 is 10.5 Å². The van der Waals surface area contributed by atoms with Crippen molar-refractivity contribution in [3.63, 3.8) is 0 Å². The van der Waals surface area contributed by atoms with Gasteiger partial charge in [0.15, 0.2) is 0 Å². The van der Waals surface area contributed by atoms with Crippen LogP contribution in [0.1, 0.15) is 70.9 Å². The number of pyridine rings is 1. The Bertz CT molecular complexity index is 349. The standard InChI is InChI=1S/C18H32N2O/c1-3-4-5-6-7-8-9-10-13-21-18-12-11-17(20-15-18)14-16(2)19/h11-12,15-16H,3-10,13-14,19H2,1-2H3. The molecule has 1 aromatic heterocycles. The fourth-order valence-electron chi connectivity index (χ4n) is 2.37. The quantitative estimate of drug-likeness (QED) is 0.577. The van der Waals surface area contributed by atoms with Crippen molar-refractivity contribution in [3.05, 3.63) is 24.0 Å². The van der Waals surface area contributed by atoms with E-state index in [1.54, 1.807) is 0 Å². The summed E-state index contributed by atoms with van der Waals surface area (Å²) in [6.07, 6.45) is 13.2. The molecule has 1 aromatic rings. The van der Waals surface area contributed by atoms with E-state index in [0.717, 1.165) is 30.9 Å². The van der Waals surface area contributed by atoms with E-state index in [4.69, 9.17) is 10.5 Å². The van der Waals surface area contributed by atoms with E-state index < -0.39 is 0 Å². The Kier molecular flexibility index (Phi) is 9.88. The van der Waals surface area contributed by atoms with Crippen LogP contribution in [0.3, 0.4) is 0 Å². The highest BCUT2D eigenvalue weighted by Crippen LogP contribution is 2.12. The van der Waals surface area contributed by atoms with Gasteiger partial charge in [0.1, 0.15) is 5.75 Å². The average Bonchev–Trinajstić information content (AvgIpc) is 2.47.